The molecule has 2 rings (SSSR count). The lowest BCUT2D eigenvalue weighted by atomic mass is 10.2. The molecule has 0 saturated carbocycles. The monoisotopic (exact) mass is 170 g/mol. The molecule has 0 fully saturated rings. The molecule has 0 atom stereocenters. The van der Waals surface area contributed by atoms with Crippen molar-refractivity contribution in [1.82, 2.24) is 9.97 Å². The summed E-state index contributed by atoms with van der Waals surface area (Å²) in [6, 6.07) is 12.1. The number of nitrogens with one attached hydrogen (secondary N) is 1. The molecule has 1 N–H and O–H groups in total. The fourth-order valence-corrected chi connectivity index (χ4v) is 1.19. The smallest absolute Gasteiger partial charge is 0.0453 e. The van der Waals surface area contributed by atoms with Gasteiger partial charge in [-0.2, -0.15) is 0 Å². The van der Waals surface area contributed by atoms with E-state index in [-0.39, 0.29) is 0 Å². The van der Waals surface area contributed by atoms with Crippen LogP contribution in [0.5, 0.6) is 0 Å². The summed E-state index contributed by atoms with van der Waals surface area (Å²) >= 11 is 0. The van der Waals surface area contributed by atoms with Gasteiger partial charge in [-0.05, 0) is 17.5 Å². The molecule has 2 heteroatoms. The Hall–Kier alpha value is -1.83. The summed E-state index contributed by atoms with van der Waals surface area (Å²) in [6.07, 6.45) is 5.31. The van der Waals surface area contributed by atoms with Gasteiger partial charge in [0.25, 0.3) is 0 Å². The van der Waals surface area contributed by atoms with E-state index in [1.165, 1.54) is 5.39 Å². The van der Waals surface area contributed by atoms with Gasteiger partial charge in [-0.15, -0.1) is 0 Å². The highest BCUT2D eigenvalue weighted by molar-refractivity contribution is 5.76. The molecule has 0 aliphatic heterocycles. The van der Waals surface area contributed by atoms with Gasteiger partial charge in [-0.3, -0.25) is 4.98 Å². The van der Waals surface area contributed by atoms with Crippen LogP contribution in [0.15, 0.2) is 55.0 Å². The van der Waals surface area contributed by atoms with Crippen molar-refractivity contribution in [2.24, 2.45) is 0 Å². The average molecular weight is 170 g/mol. The van der Waals surface area contributed by atoms with Gasteiger partial charge < -0.3 is 4.98 Å². The standard InChI is InChI=1S/C11H10N2/c1-2-6-11-10(4-1)5-3-7-12-8-9-13-11/h1-9,13H. The highest BCUT2D eigenvalue weighted by Gasteiger charge is 1.83. The number of aromatic nitrogens is 2. The van der Waals surface area contributed by atoms with E-state index in [9.17, 15) is 0 Å². The van der Waals surface area contributed by atoms with Crippen molar-refractivity contribution in [3.63, 3.8) is 0 Å². The van der Waals surface area contributed by atoms with E-state index < -0.39 is 0 Å². The third-order valence-corrected chi connectivity index (χ3v) is 1.81. The minimum atomic E-state index is 1.10. The number of aromatic amines is 1. The summed E-state index contributed by atoms with van der Waals surface area (Å²) in [5, 5.41) is 1.17. The summed E-state index contributed by atoms with van der Waals surface area (Å²) in [5.41, 5.74) is 1.10. The first kappa shape index (κ1) is 7.80. The minimum Gasteiger partial charge on any atom is -0.360 e. The van der Waals surface area contributed by atoms with Gasteiger partial charge in [-0.25, -0.2) is 0 Å². The zero-order chi connectivity index (χ0) is 8.93. The normalized spacial score (nSPS) is 9.54. The molecule has 0 amide bonds. The van der Waals surface area contributed by atoms with Crippen LogP contribution in [0, 0.1) is 0 Å². The second-order valence-corrected chi connectivity index (χ2v) is 2.70. The highest BCUT2D eigenvalue weighted by Crippen LogP contribution is 2.06. The predicted octanol–water partition coefficient (Wildman–Crippen LogP) is 2.69. The Morgan fingerprint density at radius 1 is 0.923 bits per heavy atom. The molecule has 0 aliphatic carbocycles. The zero-order valence-corrected chi connectivity index (χ0v) is 7.14. The second-order valence-electron chi connectivity index (χ2n) is 2.70. The molecule has 0 aliphatic rings. The van der Waals surface area contributed by atoms with Gasteiger partial charge in [0.05, 0.1) is 0 Å². The number of nitrogens with zero attached hydrogens (tertiary/aromatic N) is 1. The molecule has 13 heavy (non-hydrogen) atoms. The Morgan fingerprint density at radius 3 is 2.77 bits per heavy atom. The van der Waals surface area contributed by atoms with Crippen LogP contribution < -0.4 is 0 Å². The maximum atomic E-state index is 4.02. The number of para-hydroxylation sites is 1. The van der Waals surface area contributed by atoms with Gasteiger partial charge in [0.2, 0.25) is 0 Å². The Balaban J connectivity index is 2.82. The number of benzene rings is 1. The molecule has 2 aromatic rings. The topological polar surface area (TPSA) is 28.7 Å². The van der Waals surface area contributed by atoms with Crippen LogP contribution in [-0.4, -0.2) is 9.97 Å². The molecule has 0 bridgehead atoms. The molecule has 1 aromatic carbocycles. The molecule has 0 unspecified atom stereocenters. The van der Waals surface area contributed by atoms with Crippen LogP contribution in [0.4, 0.5) is 0 Å². The highest BCUT2D eigenvalue weighted by atomic mass is 14.7. The third-order valence-electron chi connectivity index (χ3n) is 1.81. The van der Waals surface area contributed by atoms with E-state index in [2.05, 4.69) is 16.0 Å². The summed E-state index contributed by atoms with van der Waals surface area (Å²) in [6.45, 7) is 0. The van der Waals surface area contributed by atoms with E-state index in [0.717, 1.165) is 5.52 Å². The average Bonchev–Trinajstić information content (AvgIpc) is 2.28. The molecule has 1 heterocycles. The molecule has 64 valence electrons. The lowest BCUT2D eigenvalue weighted by molar-refractivity contribution is 1.31. The van der Waals surface area contributed by atoms with Crippen LogP contribution in [-0.2, 0) is 0 Å². The fourth-order valence-electron chi connectivity index (χ4n) is 1.19. The summed E-state index contributed by atoms with van der Waals surface area (Å²) in [7, 11) is 0. The first-order valence-corrected chi connectivity index (χ1v) is 4.17. The molecular formula is C11H10N2. The summed E-state index contributed by atoms with van der Waals surface area (Å²) in [4.78, 5) is 7.18. The molecule has 1 aromatic heterocycles. The molecular weight excluding hydrogens is 160 g/mol. The molecule has 0 spiro atoms. The van der Waals surface area contributed by atoms with E-state index in [1.54, 1.807) is 12.4 Å². The first-order chi connectivity index (χ1) is 6.47. The van der Waals surface area contributed by atoms with Gasteiger partial charge in [0, 0.05) is 24.1 Å². The van der Waals surface area contributed by atoms with Crippen LogP contribution in [0.25, 0.3) is 10.9 Å². The van der Waals surface area contributed by atoms with Gasteiger partial charge in [0.15, 0.2) is 0 Å². The lowest BCUT2D eigenvalue weighted by Crippen LogP contribution is -1.69. The van der Waals surface area contributed by atoms with Crippen LogP contribution >= 0.6 is 0 Å². The zero-order valence-electron chi connectivity index (χ0n) is 7.14. The lowest BCUT2D eigenvalue weighted by Gasteiger charge is -1.89. The van der Waals surface area contributed by atoms with Crippen molar-refractivity contribution in [1.29, 1.82) is 0 Å². The van der Waals surface area contributed by atoms with Gasteiger partial charge in [0.1, 0.15) is 0 Å². The number of hydrogen-bond donors (Lipinski definition) is 1. The number of H-pyrrole nitrogens is 1. The largest absolute Gasteiger partial charge is 0.360 e. The molecule has 0 saturated heterocycles. The SMILES string of the molecule is c1ccc2[nH]ccncccc2c1. The van der Waals surface area contributed by atoms with Gasteiger partial charge in [-0.1, -0.05) is 24.3 Å². The predicted molar refractivity (Wildman–Crippen MR) is 53.7 cm³/mol. The Morgan fingerprint density at radius 2 is 1.77 bits per heavy atom. The molecule has 0 radical (unpaired) electrons. The van der Waals surface area contributed by atoms with E-state index in [0.29, 0.717) is 0 Å². The van der Waals surface area contributed by atoms with Crippen LogP contribution in [0.3, 0.4) is 0 Å². The van der Waals surface area contributed by atoms with Crippen molar-refractivity contribution >= 4 is 10.9 Å². The third kappa shape index (κ3) is 1.85. The van der Waals surface area contributed by atoms with E-state index in [1.807, 2.05) is 36.5 Å². The quantitative estimate of drug-likeness (QED) is 0.647. The fraction of sp³-hybridized carbons (Fsp3) is 0. The van der Waals surface area contributed by atoms with Crippen molar-refractivity contribution in [3.05, 3.63) is 55.0 Å². The van der Waals surface area contributed by atoms with Crippen LogP contribution in [0.1, 0.15) is 0 Å². The van der Waals surface area contributed by atoms with Crippen molar-refractivity contribution < 1.29 is 0 Å². The number of fused-ring (bicyclic) bond motifs is 1. The van der Waals surface area contributed by atoms with E-state index >= 15 is 0 Å². The summed E-state index contributed by atoms with van der Waals surface area (Å²) in [5.74, 6) is 0. The van der Waals surface area contributed by atoms with Crippen molar-refractivity contribution in [2.45, 2.75) is 0 Å². The molecule has 2 nitrogen and oxygen atoms in total. The Kier molecular flexibility index (Phi) is 2.23. The maximum Gasteiger partial charge on any atom is 0.0453 e. The van der Waals surface area contributed by atoms with Gasteiger partial charge >= 0.3 is 0 Å². The number of hydrogen-bond acceptors (Lipinski definition) is 1. The van der Waals surface area contributed by atoms with Crippen LogP contribution in [0.2, 0.25) is 0 Å². The minimum absolute atomic E-state index is 1.10. The van der Waals surface area contributed by atoms with Crippen molar-refractivity contribution in [3.8, 4) is 0 Å². The van der Waals surface area contributed by atoms with Crippen molar-refractivity contribution in [2.75, 3.05) is 0 Å². The number of rotatable bonds is 0. The Labute approximate surface area is 76.6 Å². The first-order valence-electron chi connectivity index (χ1n) is 4.17. The Bertz CT molecular complexity index is 404. The van der Waals surface area contributed by atoms with E-state index in [4.69, 9.17) is 0 Å². The maximum absolute atomic E-state index is 4.02. The summed E-state index contributed by atoms with van der Waals surface area (Å²) < 4.78 is 0. The second kappa shape index (κ2) is 3.72.